The molecular formula is C16H15F2N3O6. The largest absolute Gasteiger partial charge is 0.493 e. The van der Waals surface area contributed by atoms with Crippen LogP contribution in [0.25, 0.3) is 0 Å². The van der Waals surface area contributed by atoms with Gasteiger partial charge in [-0.05, 0) is 17.7 Å². The monoisotopic (exact) mass is 383 g/mol. The van der Waals surface area contributed by atoms with Gasteiger partial charge < -0.3 is 14.8 Å². The molecule has 144 valence electrons. The Morgan fingerprint density at radius 3 is 2.67 bits per heavy atom. The molecule has 0 atom stereocenters. The van der Waals surface area contributed by atoms with Crippen molar-refractivity contribution >= 4 is 11.6 Å². The first-order chi connectivity index (χ1) is 12.8. The van der Waals surface area contributed by atoms with Gasteiger partial charge in [-0.2, -0.15) is 8.78 Å². The van der Waals surface area contributed by atoms with Crippen LogP contribution in [0.4, 0.5) is 14.5 Å². The van der Waals surface area contributed by atoms with Crippen LogP contribution in [0.5, 0.6) is 11.5 Å². The lowest BCUT2D eigenvalue weighted by molar-refractivity contribution is -0.385. The number of aromatic nitrogens is 1. The minimum absolute atomic E-state index is 0.0217. The molecule has 27 heavy (non-hydrogen) atoms. The van der Waals surface area contributed by atoms with Crippen molar-refractivity contribution in [3.8, 4) is 11.5 Å². The maximum absolute atomic E-state index is 12.3. The zero-order chi connectivity index (χ0) is 20.0. The lowest BCUT2D eigenvalue weighted by Gasteiger charge is -2.12. The topological polar surface area (TPSA) is 113 Å². The third-order valence-electron chi connectivity index (χ3n) is 3.43. The molecule has 2 rings (SSSR count). The van der Waals surface area contributed by atoms with E-state index in [0.717, 1.165) is 22.9 Å². The fraction of sp³-hybridized carbons (Fsp3) is 0.250. The number of carbonyl (C=O) groups excluding carboxylic acids is 1. The van der Waals surface area contributed by atoms with E-state index >= 15 is 0 Å². The third-order valence-corrected chi connectivity index (χ3v) is 3.43. The van der Waals surface area contributed by atoms with Crippen molar-refractivity contribution in [2.75, 3.05) is 7.11 Å². The van der Waals surface area contributed by atoms with Gasteiger partial charge in [0.15, 0.2) is 11.5 Å². The molecule has 1 amide bonds. The van der Waals surface area contributed by atoms with Crippen molar-refractivity contribution in [2.45, 2.75) is 19.7 Å². The van der Waals surface area contributed by atoms with Crippen molar-refractivity contribution in [1.82, 2.24) is 9.88 Å². The van der Waals surface area contributed by atoms with Crippen LogP contribution in [-0.4, -0.2) is 29.1 Å². The summed E-state index contributed by atoms with van der Waals surface area (Å²) < 4.78 is 34.8. The standard InChI is InChI=1S/C16H15F2N3O6/c1-26-13-6-10(2-4-12(13)27-16(17)18)7-19-14(22)9-20-8-11(21(24)25)3-5-15(20)23/h2-6,8,16H,7,9H2,1H3,(H,19,22). The summed E-state index contributed by atoms with van der Waals surface area (Å²) in [6.07, 6.45) is 0.974. The quantitative estimate of drug-likeness (QED) is 0.548. The van der Waals surface area contributed by atoms with Crippen molar-refractivity contribution in [3.63, 3.8) is 0 Å². The van der Waals surface area contributed by atoms with Crippen molar-refractivity contribution < 1.29 is 28.0 Å². The molecule has 11 heteroatoms. The number of hydrogen-bond donors (Lipinski definition) is 1. The first kappa shape index (κ1) is 19.8. The van der Waals surface area contributed by atoms with Gasteiger partial charge in [-0.1, -0.05) is 6.07 Å². The molecule has 1 aromatic carbocycles. The molecule has 0 aliphatic carbocycles. The van der Waals surface area contributed by atoms with E-state index < -0.39 is 29.5 Å². The summed E-state index contributed by atoms with van der Waals surface area (Å²) in [6, 6.07) is 6.19. The van der Waals surface area contributed by atoms with Crippen molar-refractivity contribution in [1.29, 1.82) is 0 Å². The summed E-state index contributed by atoms with van der Waals surface area (Å²) in [4.78, 5) is 33.7. The van der Waals surface area contributed by atoms with E-state index in [-0.39, 0.29) is 23.7 Å². The molecule has 0 spiro atoms. The molecule has 0 radical (unpaired) electrons. The van der Waals surface area contributed by atoms with Gasteiger partial charge in [-0.15, -0.1) is 0 Å². The number of benzene rings is 1. The summed E-state index contributed by atoms with van der Waals surface area (Å²) in [5, 5.41) is 13.3. The Hall–Kier alpha value is -3.50. The second-order valence-electron chi connectivity index (χ2n) is 5.25. The van der Waals surface area contributed by atoms with Crippen LogP contribution in [0.15, 0.2) is 41.3 Å². The Bertz CT molecular complexity index is 900. The smallest absolute Gasteiger partial charge is 0.387 e. The number of alkyl halides is 2. The van der Waals surface area contributed by atoms with Gasteiger partial charge in [-0.3, -0.25) is 24.3 Å². The first-order valence-electron chi connectivity index (χ1n) is 7.53. The second kappa shape index (κ2) is 8.74. The maximum Gasteiger partial charge on any atom is 0.387 e. The molecule has 0 bridgehead atoms. The lowest BCUT2D eigenvalue weighted by Crippen LogP contribution is -2.31. The van der Waals surface area contributed by atoms with E-state index in [1.165, 1.54) is 25.3 Å². The Balaban J connectivity index is 2.02. The van der Waals surface area contributed by atoms with Gasteiger partial charge in [-0.25, -0.2) is 0 Å². The zero-order valence-corrected chi connectivity index (χ0v) is 14.1. The van der Waals surface area contributed by atoms with Crippen molar-refractivity contribution in [2.24, 2.45) is 0 Å². The molecule has 1 heterocycles. The summed E-state index contributed by atoms with van der Waals surface area (Å²) >= 11 is 0. The average molecular weight is 383 g/mol. The predicted octanol–water partition coefficient (Wildman–Crippen LogP) is 1.68. The summed E-state index contributed by atoms with van der Waals surface area (Å²) in [5.41, 5.74) is -0.346. The number of hydrogen-bond acceptors (Lipinski definition) is 6. The number of amides is 1. The van der Waals surface area contributed by atoms with E-state index in [1.807, 2.05) is 0 Å². The fourth-order valence-corrected chi connectivity index (χ4v) is 2.18. The average Bonchev–Trinajstić information content (AvgIpc) is 2.62. The van der Waals surface area contributed by atoms with Crippen LogP contribution in [0, 0.1) is 10.1 Å². The van der Waals surface area contributed by atoms with Gasteiger partial charge >= 0.3 is 6.61 Å². The van der Waals surface area contributed by atoms with Crippen LogP contribution < -0.4 is 20.3 Å². The predicted molar refractivity (Wildman–Crippen MR) is 88.8 cm³/mol. The van der Waals surface area contributed by atoms with Gasteiger partial charge in [0, 0.05) is 18.7 Å². The molecule has 2 aromatic rings. The van der Waals surface area contributed by atoms with Crippen LogP contribution in [-0.2, 0) is 17.9 Å². The van der Waals surface area contributed by atoms with E-state index in [4.69, 9.17) is 4.74 Å². The van der Waals surface area contributed by atoms with Gasteiger partial charge in [0.1, 0.15) is 6.54 Å². The molecule has 0 saturated heterocycles. The Morgan fingerprint density at radius 2 is 2.04 bits per heavy atom. The van der Waals surface area contributed by atoms with Crippen molar-refractivity contribution in [3.05, 3.63) is 62.6 Å². The van der Waals surface area contributed by atoms with Crippen LogP contribution >= 0.6 is 0 Å². The maximum atomic E-state index is 12.3. The number of methoxy groups -OCH3 is 1. The number of rotatable bonds is 8. The molecule has 0 fully saturated rings. The van der Waals surface area contributed by atoms with E-state index in [9.17, 15) is 28.5 Å². The fourth-order valence-electron chi connectivity index (χ4n) is 2.18. The Labute approximate surface area is 151 Å². The van der Waals surface area contributed by atoms with Gasteiger partial charge in [0.05, 0.1) is 18.2 Å². The minimum atomic E-state index is -3.00. The molecule has 0 aliphatic heterocycles. The van der Waals surface area contributed by atoms with Gasteiger partial charge in [0.25, 0.3) is 11.2 Å². The Kier molecular flexibility index (Phi) is 6.41. The number of pyridine rings is 1. The summed E-state index contributed by atoms with van der Waals surface area (Å²) in [5.74, 6) is -0.646. The number of carbonyl (C=O) groups is 1. The highest BCUT2D eigenvalue weighted by Crippen LogP contribution is 2.29. The number of nitrogens with one attached hydrogen (secondary N) is 1. The molecule has 1 aromatic heterocycles. The highest BCUT2D eigenvalue weighted by Gasteiger charge is 2.13. The normalized spacial score (nSPS) is 10.5. The molecule has 9 nitrogen and oxygen atoms in total. The van der Waals surface area contributed by atoms with Crippen LogP contribution in [0.1, 0.15) is 5.56 Å². The second-order valence-corrected chi connectivity index (χ2v) is 5.25. The molecule has 0 aliphatic rings. The number of nitro groups is 1. The molecule has 0 saturated carbocycles. The highest BCUT2D eigenvalue weighted by molar-refractivity contribution is 5.75. The minimum Gasteiger partial charge on any atom is -0.493 e. The zero-order valence-electron chi connectivity index (χ0n) is 14.1. The lowest BCUT2D eigenvalue weighted by atomic mass is 10.2. The number of nitrogens with zero attached hydrogens (tertiary/aromatic N) is 2. The highest BCUT2D eigenvalue weighted by atomic mass is 19.3. The summed E-state index contributed by atoms with van der Waals surface area (Å²) in [7, 11) is 1.28. The van der Waals surface area contributed by atoms with E-state index in [1.54, 1.807) is 0 Å². The van der Waals surface area contributed by atoms with Gasteiger partial charge in [0.2, 0.25) is 5.91 Å². The Morgan fingerprint density at radius 1 is 1.30 bits per heavy atom. The molecular weight excluding hydrogens is 368 g/mol. The van der Waals surface area contributed by atoms with Crippen LogP contribution in [0.3, 0.4) is 0 Å². The SMILES string of the molecule is COc1cc(CNC(=O)Cn2cc([N+](=O)[O-])ccc2=O)ccc1OC(F)F. The van der Waals surface area contributed by atoms with E-state index in [2.05, 4.69) is 10.1 Å². The summed E-state index contributed by atoms with van der Waals surface area (Å²) in [6.45, 7) is -3.39. The first-order valence-corrected chi connectivity index (χ1v) is 7.53. The number of ether oxygens (including phenoxy) is 2. The molecule has 1 N–H and O–H groups in total. The molecule has 0 unspecified atom stereocenters. The number of halogens is 2. The van der Waals surface area contributed by atoms with Crippen LogP contribution in [0.2, 0.25) is 0 Å². The van der Waals surface area contributed by atoms with E-state index in [0.29, 0.717) is 5.56 Å². The third kappa shape index (κ3) is 5.49.